The molecule has 0 fully saturated rings. The molecule has 0 saturated carbocycles. The second kappa shape index (κ2) is 4.10. The molecule has 0 radical (unpaired) electrons. The van der Waals surface area contributed by atoms with Gasteiger partial charge in [-0.3, -0.25) is 0 Å². The fourth-order valence-corrected chi connectivity index (χ4v) is 1.63. The summed E-state index contributed by atoms with van der Waals surface area (Å²) in [6.07, 6.45) is -3.96. The molecule has 2 rings (SSSR count). The van der Waals surface area contributed by atoms with Crippen molar-refractivity contribution >= 4 is 22.5 Å². The van der Waals surface area contributed by atoms with Crippen LogP contribution in [0.1, 0.15) is 14.0 Å². The van der Waals surface area contributed by atoms with Crippen LogP contribution < -0.4 is 4.74 Å². The zero-order valence-electron chi connectivity index (χ0n) is 10.5. The number of nitrogens with one attached hydrogen (secondary N) is 1. The minimum atomic E-state index is -4.60. The number of halogens is 4. The summed E-state index contributed by atoms with van der Waals surface area (Å²) in [6, 6.07) is 1.01. The summed E-state index contributed by atoms with van der Waals surface area (Å²) < 4.78 is 58.0. The molecule has 7 heteroatoms. The van der Waals surface area contributed by atoms with Crippen molar-refractivity contribution in [2.75, 3.05) is 7.11 Å². The Bertz CT molecular complexity index is 621. The van der Waals surface area contributed by atoms with Gasteiger partial charge in [-0.15, -0.1) is 11.6 Å². The van der Waals surface area contributed by atoms with Gasteiger partial charge in [-0.25, -0.2) is 4.98 Å². The van der Waals surface area contributed by atoms with Gasteiger partial charge in [0.25, 0.3) is 0 Å². The third-order valence-electron chi connectivity index (χ3n) is 2.23. The maximum absolute atomic E-state index is 12.8. The molecule has 0 spiro atoms. The van der Waals surface area contributed by atoms with Gasteiger partial charge in [0.2, 0.25) is 5.88 Å². The number of aromatic nitrogens is 2. The van der Waals surface area contributed by atoms with Crippen LogP contribution in [0, 0.1) is 0 Å². The van der Waals surface area contributed by atoms with E-state index < -0.39 is 17.6 Å². The minimum Gasteiger partial charge on any atom is -0.479 e. The standard InChI is InChI=1S/C10H8ClF3N2O/c1-17-9-8-6(2-5(3-11)16-8)7(4-15-9)10(12,13)14/h2,4,16H,3H2,1H3/i3D2. The van der Waals surface area contributed by atoms with E-state index >= 15 is 0 Å². The number of hydrogen-bond acceptors (Lipinski definition) is 2. The Labute approximate surface area is 102 Å². The maximum atomic E-state index is 12.8. The van der Waals surface area contributed by atoms with Crippen molar-refractivity contribution in [3.05, 3.63) is 23.5 Å². The Morgan fingerprint density at radius 2 is 2.29 bits per heavy atom. The van der Waals surface area contributed by atoms with E-state index in [2.05, 4.69) is 9.97 Å². The Morgan fingerprint density at radius 1 is 1.59 bits per heavy atom. The van der Waals surface area contributed by atoms with Crippen LogP contribution in [0.25, 0.3) is 10.9 Å². The predicted octanol–water partition coefficient (Wildman–Crippen LogP) is 3.33. The zero-order valence-corrected chi connectivity index (χ0v) is 9.28. The van der Waals surface area contributed by atoms with Gasteiger partial charge in [-0.1, -0.05) is 0 Å². The van der Waals surface area contributed by atoms with Crippen molar-refractivity contribution in [2.24, 2.45) is 0 Å². The van der Waals surface area contributed by atoms with Crippen molar-refractivity contribution in [1.82, 2.24) is 9.97 Å². The molecule has 0 aliphatic heterocycles. The second-order valence-electron chi connectivity index (χ2n) is 3.25. The van der Waals surface area contributed by atoms with Gasteiger partial charge in [-0.05, 0) is 6.07 Å². The highest BCUT2D eigenvalue weighted by atomic mass is 35.5. The first-order valence-electron chi connectivity index (χ1n) is 5.47. The quantitative estimate of drug-likeness (QED) is 0.847. The van der Waals surface area contributed by atoms with E-state index in [1.807, 2.05) is 0 Å². The molecule has 0 aliphatic carbocycles. The number of alkyl halides is 4. The molecule has 0 amide bonds. The number of nitrogens with zero attached hydrogens (tertiary/aromatic N) is 1. The van der Waals surface area contributed by atoms with Crippen molar-refractivity contribution < 1.29 is 20.6 Å². The van der Waals surface area contributed by atoms with E-state index in [4.69, 9.17) is 19.1 Å². The molecule has 92 valence electrons. The molecule has 2 aromatic rings. The first-order valence-corrected chi connectivity index (χ1v) is 4.84. The summed E-state index contributed by atoms with van der Waals surface area (Å²) in [5.74, 6) is -2.37. The van der Waals surface area contributed by atoms with E-state index in [9.17, 15) is 13.2 Å². The first kappa shape index (κ1) is 9.58. The number of hydrogen-bond donors (Lipinski definition) is 1. The van der Waals surface area contributed by atoms with Gasteiger partial charge in [0.1, 0.15) is 5.52 Å². The number of pyridine rings is 1. The molecular formula is C10H8ClF3N2O. The monoisotopic (exact) mass is 266 g/mol. The molecule has 0 aliphatic rings. The van der Waals surface area contributed by atoms with E-state index in [0.717, 1.165) is 6.07 Å². The lowest BCUT2D eigenvalue weighted by Gasteiger charge is -2.08. The molecule has 1 N–H and O–H groups in total. The highest BCUT2D eigenvalue weighted by Gasteiger charge is 2.34. The van der Waals surface area contributed by atoms with E-state index in [0.29, 0.717) is 6.20 Å². The molecule has 2 heterocycles. The van der Waals surface area contributed by atoms with Gasteiger partial charge < -0.3 is 9.72 Å². The number of ether oxygens (including phenoxy) is 1. The molecule has 17 heavy (non-hydrogen) atoms. The predicted molar refractivity (Wildman–Crippen MR) is 57.2 cm³/mol. The normalized spacial score (nSPS) is 14.6. The lowest BCUT2D eigenvalue weighted by Crippen LogP contribution is -2.06. The van der Waals surface area contributed by atoms with Gasteiger partial charge in [0, 0.05) is 17.3 Å². The third kappa shape index (κ3) is 2.04. The lowest BCUT2D eigenvalue weighted by atomic mass is 10.2. The summed E-state index contributed by atoms with van der Waals surface area (Å²) in [6.45, 7) is 0. The Kier molecular flexibility index (Phi) is 2.31. The number of rotatable bonds is 2. The number of methoxy groups -OCH3 is 1. The van der Waals surface area contributed by atoms with Crippen LogP contribution in [0.4, 0.5) is 13.2 Å². The molecular weight excluding hydrogens is 257 g/mol. The SMILES string of the molecule is [2H]C([2H])(Cl)c1cc2c(C(F)(F)F)cnc(OC)c2[nH]1. The number of aromatic amines is 1. The molecule has 0 bridgehead atoms. The lowest BCUT2D eigenvalue weighted by molar-refractivity contribution is -0.136. The topological polar surface area (TPSA) is 37.9 Å². The maximum Gasteiger partial charge on any atom is 0.418 e. The largest absolute Gasteiger partial charge is 0.479 e. The van der Waals surface area contributed by atoms with Gasteiger partial charge in [-0.2, -0.15) is 13.2 Å². The Morgan fingerprint density at radius 3 is 2.82 bits per heavy atom. The van der Waals surface area contributed by atoms with Crippen LogP contribution in [-0.2, 0) is 12.0 Å². The molecule has 0 unspecified atom stereocenters. The van der Waals surface area contributed by atoms with Crippen molar-refractivity contribution in [3.63, 3.8) is 0 Å². The smallest absolute Gasteiger partial charge is 0.418 e. The van der Waals surface area contributed by atoms with Gasteiger partial charge in [0.05, 0.1) is 21.2 Å². The second-order valence-corrected chi connectivity index (χ2v) is 3.43. The van der Waals surface area contributed by atoms with Crippen LogP contribution in [0.3, 0.4) is 0 Å². The average molecular weight is 267 g/mol. The fourth-order valence-electron chi connectivity index (χ4n) is 1.52. The van der Waals surface area contributed by atoms with Crippen molar-refractivity contribution in [2.45, 2.75) is 12.0 Å². The molecule has 0 atom stereocenters. The van der Waals surface area contributed by atoms with Crippen LogP contribution in [0.5, 0.6) is 5.88 Å². The van der Waals surface area contributed by atoms with Gasteiger partial charge >= 0.3 is 6.18 Å². The van der Waals surface area contributed by atoms with Crippen molar-refractivity contribution in [1.29, 1.82) is 0 Å². The zero-order chi connectivity index (χ0) is 14.4. The average Bonchev–Trinajstić information content (AvgIpc) is 2.70. The minimum absolute atomic E-state index is 0.0446. The fraction of sp³-hybridized carbons (Fsp3) is 0.300. The molecule has 3 nitrogen and oxygen atoms in total. The number of H-pyrrole nitrogens is 1. The van der Waals surface area contributed by atoms with Gasteiger partial charge in [0.15, 0.2) is 0 Å². The summed E-state index contributed by atoms with van der Waals surface area (Å²) in [5, 5.41) is -0.237. The molecule has 2 aromatic heterocycles. The van der Waals surface area contributed by atoms with Crippen LogP contribution in [0.15, 0.2) is 12.3 Å². The molecule has 0 saturated heterocycles. The van der Waals surface area contributed by atoms with E-state index in [-0.39, 0.29) is 22.5 Å². The summed E-state index contributed by atoms with van der Waals surface area (Å²) in [4.78, 5) is 6.02. The Balaban J connectivity index is 2.79. The highest BCUT2D eigenvalue weighted by molar-refractivity contribution is 6.17. The first-order chi connectivity index (χ1) is 8.64. The van der Waals surface area contributed by atoms with Crippen LogP contribution >= 0.6 is 11.6 Å². The Hall–Kier alpha value is -1.43. The summed E-state index contributed by atoms with van der Waals surface area (Å²) in [5.41, 5.74) is -1.22. The highest BCUT2D eigenvalue weighted by Crippen LogP contribution is 2.37. The van der Waals surface area contributed by atoms with Crippen LogP contribution in [-0.4, -0.2) is 17.1 Å². The summed E-state index contributed by atoms with van der Waals surface area (Å²) >= 11 is 5.45. The van der Waals surface area contributed by atoms with Crippen molar-refractivity contribution in [3.8, 4) is 5.88 Å². The number of fused-ring (bicyclic) bond motifs is 1. The molecule has 0 aromatic carbocycles. The summed E-state index contributed by atoms with van der Waals surface area (Å²) in [7, 11) is 1.25. The third-order valence-corrected chi connectivity index (χ3v) is 2.44. The van der Waals surface area contributed by atoms with Crippen LogP contribution in [0.2, 0.25) is 0 Å². The van der Waals surface area contributed by atoms with E-state index in [1.54, 1.807) is 0 Å². The van der Waals surface area contributed by atoms with E-state index in [1.165, 1.54) is 7.11 Å².